The predicted octanol–water partition coefficient (Wildman–Crippen LogP) is 7.36. The quantitative estimate of drug-likeness (QED) is 0.506. The van der Waals surface area contributed by atoms with Crippen LogP contribution in [-0.4, -0.2) is 0 Å². The van der Waals surface area contributed by atoms with Crippen LogP contribution in [0.15, 0.2) is 54.6 Å². The molecule has 0 bridgehead atoms. The van der Waals surface area contributed by atoms with Gasteiger partial charge in [-0.2, -0.15) is 0 Å². The molecule has 4 rings (SSSR count). The molecule has 1 spiro atoms. The van der Waals surface area contributed by atoms with E-state index in [1.54, 1.807) is 16.7 Å². The molecule has 0 amide bonds. The molecule has 1 unspecified atom stereocenters. The zero-order chi connectivity index (χ0) is 18.7. The molecule has 0 aromatic heterocycles. The summed E-state index contributed by atoms with van der Waals surface area (Å²) >= 11 is 0. The lowest BCUT2D eigenvalue weighted by molar-refractivity contribution is 0.213. The van der Waals surface area contributed by atoms with Crippen LogP contribution in [-0.2, 0) is 18.3 Å². The summed E-state index contributed by atoms with van der Waals surface area (Å²) in [5.41, 5.74) is 6.57. The SMILES string of the molecule is CCCCc1ccccc1CC(C)C1CCC2(C=Cc3ccccc32)CC1. The average molecular weight is 359 g/mol. The van der Waals surface area contributed by atoms with Gasteiger partial charge in [-0.3, -0.25) is 0 Å². The Morgan fingerprint density at radius 1 is 0.963 bits per heavy atom. The van der Waals surface area contributed by atoms with Crippen LogP contribution in [0.4, 0.5) is 0 Å². The molecule has 142 valence electrons. The second kappa shape index (κ2) is 8.05. The van der Waals surface area contributed by atoms with Crippen molar-refractivity contribution in [2.75, 3.05) is 0 Å². The van der Waals surface area contributed by atoms with Crippen molar-refractivity contribution in [3.63, 3.8) is 0 Å². The first-order valence-electron chi connectivity index (χ1n) is 11.1. The standard InChI is InChI=1S/C27H34/c1-3-4-9-23-10-5-6-12-25(23)20-21(2)22-14-17-27(18-15-22)19-16-24-11-7-8-13-26(24)27/h5-8,10-13,16,19,21-22H,3-4,9,14-15,17-18,20H2,1-2H3. The van der Waals surface area contributed by atoms with Crippen molar-refractivity contribution in [1.82, 2.24) is 0 Å². The second-order valence-electron chi connectivity index (χ2n) is 8.97. The molecule has 0 radical (unpaired) electrons. The van der Waals surface area contributed by atoms with E-state index in [1.807, 2.05) is 0 Å². The first-order chi connectivity index (χ1) is 13.2. The predicted molar refractivity (Wildman–Crippen MR) is 117 cm³/mol. The van der Waals surface area contributed by atoms with Gasteiger partial charge in [0.2, 0.25) is 0 Å². The van der Waals surface area contributed by atoms with Gasteiger partial charge in [-0.05, 0) is 79.0 Å². The zero-order valence-corrected chi connectivity index (χ0v) is 17.1. The topological polar surface area (TPSA) is 0 Å². The Labute approximate surface area is 165 Å². The molecule has 2 aromatic carbocycles. The average Bonchev–Trinajstić information content (AvgIpc) is 3.06. The third-order valence-electron chi connectivity index (χ3n) is 7.27. The molecule has 1 saturated carbocycles. The van der Waals surface area contributed by atoms with Gasteiger partial charge in [0.05, 0.1) is 0 Å². The smallest absolute Gasteiger partial charge is 0.0141 e. The first kappa shape index (κ1) is 18.5. The number of hydrogen-bond acceptors (Lipinski definition) is 0. The number of aryl methyl sites for hydroxylation is 1. The van der Waals surface area contributed by atoms with Crippen molar-refractivity contribution >= 4 is 6.08 Å². The van der Waals surface area contributed by atoms with Gasteiger partial charge in [0.15, 0.2) is 0 Å². The lowest BCUT2D eigenvalue weighted by Gasteiger charge is -2.39. The van der Waals surface area contributed by atoms with E-state index in [2.05, 4.69) is 74.5 Å². The number of fused-ring (bicyclic) bond motifs is 2. The van der Waals surface area contributed by atoms with Gasteiger partial charge in [0.25, 0.3) is 0 Å². The molecular weight excluding hydrogens is 324 g/mol. The Hall–Kier alpha value is -1.82. The maximum absolute atomic E-state index is 2.51. The fraction of sp³-hybridized carbons (Fsp3) is 0.481. The highest BCUT2D eigenvalue weighted by Crippen LogP contribution is 2.49. The maximum atomic E-state index is 2.51. The minimum absolute atomic E-state index is 0.339. The molecule has 0 nitrogen and oxygen atoms in total. The minimum atomic E-state index is 0.339. The van der Waals surface area contributed by atoms with Crippen molar-refractivity contribution in [3.05, 3.63) is 76.9 Å². The van der Waals surface area contributed by atoms with E-state index < -0.39 is 0 Å². The minimum Gasteiger partial charge on any atom is -0.0733 e. The molecule has 0 saturated heterocycles. The van der Waals surface area contributed by atoms with Crippen LogP contribution < -0.4 is 0 Å². The molecule has 2 aromatic rings. The van der Waals surface area contributed by atoms with Crippen molar-refractivity contribution in [2.45, 2.75) is 70.6 Å². The number of unbranched alkanes of at least 4 members (excludes halogenated alkanes) is 1. The molecular formula is C27H34. The molecule has 2 aliphatic carbocycles. The van der Waals surface area contributed by atoms with Gasteiger partial charge < -0.3 is 0 Å². The fourth-order valence-corrected chi connectivity index (χ4v) is 5.48. The summed E-state index contributed by atoms with van der Waals surface area (Å²) in [6.07, 6.45) is 15.4. The lowest BCUT2D eigenvalue weighted by atomic mass is 9.65. The van der Waals surface area contributed by atoms with Crippen LogP contribution in [0.5, 0.6) is 0 Å². The summed E-state index contributed by atoms with van der Waals surface area (Å²) in [6.45, 7) is 4.79. The summed E-state index contributed by atoms with van der Waals surface area (Å²) < 4.78 is 0. The Morgan fingerprint density at radius 2 is 1.67 bits per heavy atom. The van der Waals surface area contributed by atoms with Crippen LogP contribution in [0.3, 0.4) is 0 Å². The van der Waals surface area contributed by atoms with E-state index in [4.69, 9.17) is 0 Å². The van der Waals surface area contributed by atoms with E-state index in [0.717, 1.165) is 11.8 Å². The van der Waals surface area contributed by atoms with Gasteiger partial charge >= 0.3 is 0 Å². The summed E-state index contributed by atoms with van der Waals surface area (Å²) in [7, 11) is 0. The first-order valence-corrected chi connectivity index (χ1v) is 11.1. The third kappa shape index (κ3) is 3.77. The van der Waals surface area contributed by atoms with E-state index >= 15 is 0 Å². The lowest BCUT2D eigenvalue weighted by Crippen LogP contribution is -2.31. The number of benzene rings is 2. The summed E-state index contributed by atoms with van der Waals surface area (Å²) in [6, 6.07) is 18.2. The second-order valence-corrected chi connectivity index (χ2v) is 8.97. The molecule has 1 atom stereocenters. The molecule has 0 heteroatoms. The zero-order valence-electron chi connectivity index (χ0n) is 17.1. The van der Waals surface area contributed by atoms with Gasteiger partial charge in [0, 0.05) is 5.41 Å². The van der Waals surface area contributed by atoms with Crippen LogP contribution in [0.25, 0.3) is 6.08 Å². The summed E-state index contributed by atoms with van der Waals surface area (Å²) in [5, 5.41) is 0. The van der Waals surface area contributed by atoms with Crippen LogP contribution >= 0.6 is 0 Å². The highest BCUT2D eigenvalue weighted by molar-refractivity contribution is 5.65. The van der Waals surface area contributed by atoms with Gasteiger partial charge in [0.1, 0.15) is 0 Å². The van der Waals surface area contributed by atoms with Gasteiger partial charge in [-0.25, -0.2) is 0 Å². The molecule has 0 aliphatic heterocycles. The molecule has 1 fully saturated rings. The Bertz CT molecular complexity index is 789. The van der Waals surface area contributed by atoms with Crippen LogP contribution in [0.2, 0.25) is 0 Å². The molecule has 27 heavy (non-hydrogen) atoms. The highest BCUT2D eigenvalue weighted by atomic mass is 14.4. The number of hydrogen-bond donors (Lipinski definition) is 0. The number of rotatable bonds is 6. The van der Waals surface area contributed by atoms with E-state index in [-0.39, 0.29) is 0 Å². The number of allylic oxidation sites excluding steroid dienone is 1. The van der Waals surface area contributed by atoms with Crippen LogP contribution in [0, 0.1) is 11.8 Å². The Kier molecular flexibility index (Phi) is 5.53. The molecule has 0 N–H and O–H groups in total. The Balaban J connectivity index is 1.40. The van der Waals surface area contributed by atoms with Crippen molar-refractivity contribution in [3.8, 4) is 0 Å². The van der Waals surface area contributed by atoms with Crippen molar-refractivity contribution in [2.24, 2.45) is 11.8 Å². The largest absolute Gasteiger partial charge is 0.0733 e. The molecule has 2 aliphatic rings. The van der Waals surface area contributed by atoms with Gasteiger partial charge in [-0.1, -0.05) is 81.0 Å². The normalized spacial score (nSPS) is 24.9. The molecule has 0 heterocycles. The summed E-state index contributed by atoms with van der Waals surface area (Å²) in [4.78, 5) is 0. The summed E-state index contributed by atoms with van der Waals surface area (Å²) in [5.74, 6) is 1.65. The van der Waals surface area contributed by atoms with E-state index in [1.165, 1.54) is 56.9 Å². The van der Waals surface area contributed by atoms with Crippen molar-refractivity contribution < 1.29 is 0 Å². The van der Waals surface area contributed by atoms with Gasteiger partial charge in [-0.15, -0.1) is 0 Å². The van der Waals surface area contributed by atoms with E-state index in [0.29, 0.717) is 5.41 Å². The highest BCUT2D eigenvalue weighted by Gasteiger charge is 2.39. The van der Waals surface area contributed by atoms with Crippen molar-refractivity contribution in [1.29, 1.82) is 0 Å². The van der Waals surface area contributed by atoms with E-state index in [9.17, 15) is 0 Å². The third-order valence-corrected chi connectivity index (χ3v) is 7.27. The maximum Gasteiger partial charge on any atom is 0.0141 e. The van der Waals surface area contributed by atoms with Crippen LogP contribution in [0.1, 0.15) is 74.6 Å². The monoisotopic (exact) mass is 358 g/mol. The Morgan fingerprint density at radius 3 is 2.44 bits per heavy atom. The fourth-order valence-electron chi connectivity index (χ4n) is 5.48.